The number of carbonyl (C=O) groups excluding carboxylic acids is 1. The average Bonchev–Trinajstić information content (AvgIpc) is 2.72. The first kappa shape index (κ1) is 20.4. The smallest absolute Gasteiger partial charge is 0.253 e. The zero-order valence-electron chi connectivity index (χ0n) is 16.5. The van der Waals surface area contributed by atoms with Gasteiger partial charge >= 0.3 is 0 Å². The number of para-hydroxylation sites is 1. The van der Waals surface area contributed by atoms with Crippen LogP contribution in [0, 0.1) is 11.3 Å². The molecule has 0 unspecified atom stereocenters. The van der Waals surface area contributed by atoms with Crippen molar-refractivity contribution >= 4 is 28.9 Å². The molecule has 2 aromatic carbocycles. The van der Waals surface area contributed by atoms with Gasteiger partial charge in [0, 0.05) is 25.5 Å². The second-order valence-corrected chi connectivity index (χ2v) is 7.15. The fourth-order valence-electron chi connectivity index (χ4n) is 3.27. The molecule has 1 N–H and O–H groups in total. The second-order valence-electron chi connectivity index (χ2n) is 6.77. The summed E-state index contributed by atoms with van der Waals surface area (Å²) in [5, 5.41) is 12.5. The van der Waals surface area contributed by atoms with Crippen molar-refractivity contribution in [1.82, 2.24) is 10.2 Å². The van der Waals surface area contributed by atoms with Gasteiger partial charge in [0.25, 0.3) is 5.91 Å². The highest BCUT2D eigenvalue weighted by Crippen LogP contribution is 2.34. The zero-order chi connectivity index (χ0) is 21.0. The summed E-state index contributed by atoms with van der Waals surface area (Å²) in [5.41, 5.74) is 3.19. The lowest BCUT2D eigenvalue weighted by Gasteiger charge is -2.38. The fraction of sp³-hybridized carbons (Fsp3) is 0.227. The quantitative estimate of drug-likeness (QED) is 0.768. The molecular weight excluding hydrogens is 384 g/mol. The van der Waals surface area contributed by atoms with Crippen LogP contribution >= 0.6 is 12.2 Å². The number of nitriles is 1. The minimum absolute atomic E-state index is 0.0134. The molecule has 1 atom stereocenters. The number of thiocarbonyl (C=S) groups is 1. The summed E-state index contributed by atoms with van der Waals surface area (Å²) in [5.74, 6) is 0.508. The van der Waals surface area contributed by atoms with E-state index in [9.17, 15) is 4.79 Å². The Morgan fingerprint density at radius 2 is 1.86 bits per heavy atom. The molecule has 0 spiro atoms. The van der Waals surface area contributed by atoms with Gasteiger partial charge in [0.2, 0.25) is 0 Å². The Kier molecular flexibility index (Phi) is 6.15. The first-order valence-electron chi connectivity index (χ1n) is 9.12. The van der Waals surface area contributed by atoms with Crippen LogP contribution in [0.2, 0.25) is 0 Å². The number of hydrogen-bond donors (Lipinski definition) is 1. The third kappa shape index (κ3) is 4.23. The average molecular weight is 407 g/mol. The molecule has 6 nitrogen and oxygen atoms in total. The van der Waals surface area contributed by atoms with Gasteiger partial charge < -0.3 is 15.0 Å². The van der Waals surface area contributed by atoms with E-state index >= 15 is 0 Å². The lowest BCUT2D eigenvalue weighted by Crippen LogP contribution is -2.49. The van der Waals surface area contributed by atoms with Gasteiger partial charge in [-0.15, -0.1) is 0 Å². The lowest BCUT2D eigenvalue weighted by molar-refractivity contribution is -0.125. The first-order chi connectivity index (χ1) is 13.9. The van der Waals surface area contributed by atoms with Crippen LogP contribution < -0.4 is 15.0 Å². The van der Waals surface area contributed by atoms with Crippen molar-refractivity contribution in [2.24, 2.45) is 0 Å². The number of allylic oxidation sites excluding steroid dienone is 1. The lowest BCUT2D eigenvalue weighted by atomic mass is 9.93. The highest BCUT2D eigenvalue weighted by atomic mass is 32.1. The minimum atomic E-state index is -0.387. The maximum atomic E-state index is 13.1. The van der Waals surface area contributed by atoms with Crippen molar-refractivity contribution in [2.45, 2.75) is 13.0 Å². The molecule has 0 saturated carbocycles. The molecule has 0 fully saturated rings. The number of hydrogen-bond acceptors (Lipinski definition) is 4. The Bertz CT molecular complexity index is 978. The molecule has 148 valence electrons. The highest BCUT2D eigenvalue weighted by molar-refractivity contribution is 7.80. The Labute approximate surface area is 176 Å². The number of ether oxygens (including phenoxy) is 1. The summed E-state index contributed by atoms with van der Waals surface area (Å²) in [6.07, 6.45) is 0. The molecule has 1 aliphatic heterocycles. The first-order valence-corrected chi connectivity index (χ1v) is 9.52. The van der Waals surface area contributed by atoms with Crippen LogP contribution in [-0.4, -0.2) is 36.6 Å². The standard InChI is InChI=1S/C22H22N4O2S/c1-15-19(21(27)25(2)3)20(16-9-11-18(12-10-16)28-14-13-23)24-22(29)26(15)17-7-5-4-6-8-17/h4-12,20H,14H2,1-3H3,(H,24,29)/t20-/m0/s1. The predicted octanol–water partition coefficient (Wildman–Crippen LogP) is 3.39. The van der Waals surface area contributed by atoms with Crippen LogP contribution in [0.5, 0.6) is 5.75 Å². The van der Waals surface area contributed by atoms with Crippen molar-refractivity contribution in [3.63, 3.8) is 0 Å². The number of anilines is 1. The van der Waals surface area contributed by atoms with E-state index in [4.69, 9.17) is 22.2 Å². The molecule has 0 saturated heterocycles. The molecule has 2 aromatic rings. The Balaban J connectivity index is 2.05. The van der Waals surface area contributed by atoms with E-state index in [1.165, 1.54) is 0 Å². The number of amides is 1. The van der Waals surface area contributed by atoms with Crippen LogP contribution in [0.1, 0.15) is 18.5 Å². The van der Waals surface area contributed by atoms with E-state index in [0.29, 0.717) is 16.4 Å². The van der Waals surface area contributed by atoms with Crippen LogP contribution in [0.4, 0.5) is 5.69 Å². The largest absolute Gasteiger partial charge is 0.479 e. The van der Waals surface area contributed by atoms with E-state index in [-0.39, 0.29) is 18.6 Å². The van der Waals surface area contributed by atoms with Crippen molar-refractivity contribution in [1.29, 1.82) is 5.26 Å². The molecule has 1 heterocycles. The molecule has 1 aliphatic rings. The van der Waals surface area contributed by atoms with E-state index in [0.717, 1.165) is 16.9 Å². The van der Waals surface area contributed by atoms with Crippen LogP contribution in [0.15, 0.2) is 65.9 Å². The number of rotatable bonds is 5. The molecule has 0 aromatic heterocycles. The van der Waals surface area contributed by atoms with E-state index in [1.807, 2.05) is 60.4 Å². The summed E-state index contributed by atoms with van der Waals surface area (Å²) in [7, 11) is 3.47. The normalized spacial score (nSPS) is 16.1. The summed E-state index contributed by atoms with van der Waals surface area (Å²) < 4.78 is 5.32. The van der Waals surface area contributed by atoms with Crippen LogP contribution in [0.3, 0.4) is 0 Å². The predicted molar refractivity (Wildman–Crippen MR) is 116 cm³/mol. The van der Waals surface area contributed by atoms with Gasteiger partial charge in [-0.05, 0) is 49.0 Å². The van der Waals surface area contributed by atoms with Gasteiger partial charge in [-0.2, -0.15) is 5.26 Å². The molecule has 7 heteroatoms. The summed E-state index contributed by atoms with van der Waals surface area (Å²) >= 11 is 5.65. The molecule has 0 bridgehead atoms. The van der Waals surface area contributed by atoms with Gasteiger partial charge in [0.1, 0.15) is 11.8 Å². The summed E-state index contributed by atoms with van der Waals surface area (Å²) in [6.45, 7) is 1.90. The van der Waals surface area contributed by atoms with E-state index in [1.54, 1.807) is 31.1 Å². The molecular formula is C22H22N4O2S. The van der Waals surface area contributed by atoms with Gasteiger partial charge in [0.15, 0.2) is 11.7 Å². The topological polar surface area (TPSA) is 68.6 Å². The summed E-state index contributed by atoms with van der Waals surface area (Å²) in [4.78, 5) is 16.5. The van der Waals surface area contributed by atoms with E-state index in [2.05, 4.69) is 5.32 Å². The van der Waals surface area contributed by atoms with Crippen LogP contribution in [-0.2, 0) is 4.79 Å². The Morgan fingerprint density at radius 3 is 2.45 bits per heavy atom. The van der Waals surface area contributed by atoms with Crippen LogP contribution in [0.25, 0.3) is 0 Å². The maximum Gasteiger partial charge on any atom is 0.253 e. The molecule has 29 heavy (non-hydrogen) atoms. The SMILES string of the molecule is CC1=C(C(=O)N(C)C)[C@H](c2ccc(OCC#N)cc2)NC(=S)N1c1ccccc1. The monoisotopic (exact) mass is 406 g/mol. The van der Waals surface area contributed by atoms with Crippen molar-refractivity contribution in [2.75, 3.05) is 25.6 Å². The number of benzene rings is 2. The fourth-order valence-corrected chi connectivity index (χ4v) is 3.63. The van der Waals surface area contributed by atoms with Crippen molar-refractivity contribution in [3.05, 3.63) is 71.4 Å². The number of likely N-dealkylation sites (N-methyl/N-ethyl adjacent to an activating group) is 1. The third-order valence-corrected chi connectivity index (χ3v) is 4.95. The molecule has 1 amide bonds. The van der Waals surface area contributed by atoms with Gasteiger partial charge in [-0.1, -0.05) is 30.3 Å². The van der Waals surface area contributed by atoms with E-state index < -0.39 is 0 Å². The zero-order valence-corrected chi connectivity index (χ0v) is 17.4. The highest BCUT2D eigenvalue weighted by Gasteiger charge is 2.35. The molecule has 0 radical (unpaired) electrons. The molecule has 3 rings (SSSR count). The van der Waals surface area contributed by atoms with Gasteiger partial charge in [-0.25, -0.2) is 0 Å². The van der Waals surface area contributed by atoms with Crippen molar-refractivity contribution < 1.29 is 9.53 Å². The second kappa shape index (κ2) is 8.76. The number of carbonyl (C=O) groups is 1. The van der Waals surface area contributed by atoms with Gasteiger partial charge in [0.05, 0.1) is 11.6 Å². The Hall–Kier alpha value is -3.37. The maximum absolute atomic E-state index is 13.1. The Morgan fingerprint density at radius 1 is 1.21 bits per heavy atom. The summed E-state index contributed by atoms with van der Waals surface area (Å²) in [6, 6.07) is 18.6. The number of nitrogens with one attached hydrogen (secondary N) is 1. The molecule has 0 aliphatic carbocycles. The third-order valence-electron chi connectivity index (χ3n) is 4.65. The van der Waals surface area contributed by atoms with Crippen molar-refractivity contribution in [3.8, 4) is 11.8 Å². The minimum Gasteiger partial charge on any atom is -0.479 e. The van der Waals surface area contributed by atoms with Gasteiger partial charge in [-0.3, -0.25) is 9.69 Å². The number of nitrogens with zero attached hydrogens (tertiary/aromatic N) is 3.